The number of benzene rings is 1. The fourth-order valence-corrected chi connectivity index (χ4v) is 2.53. The quantitative estimate of drug-likeness (QED) is 0.831. The highest BCUT2D eigenvalue weighted by molar-refractivity contribution is 5.96. The largest absolute Gasteiger partial charge is 0.384 e. The second kappa shape index (κ2) is 7.26. The summed E-state index contributed by atoms with van der Waals surface area (Å²) in [7, 11) is 0. The topological polar surface area (TPSA) is 58.6 Å². The first-order valence-electron chi connectivity index (χ1n) is 7.25. The zero-order chi connectivity index (χ0) is 15.2. The van der Waals surface area contributed by atoms with Crippen LogP contribution in [0.25, 0.3) is 0 Å². The van der Waals surface area contributed by atoms with Gasteiger partial charge in [-0.25, -0.2) is 0 Å². The van der Waals surface area contributed by atoms with E-state index in [0.29, 0.717) is 5.56 Å². The van der Waals surface area contributed by atoms with Gasteiger partial charge in [0.25, 0.3) is 5.91 Å². The van der Waals surface area contributed by atoms with E-state index in [9.17, 15) is 4.79 Å². The molecule has 1 heterocycles. The third-order valence-corrected chi connectivity index (χ3v) is 3.76. The molecule has 4 nitrogen and oxygen atoms in total. The Morgan fingerprint density at radius 3 is 3.05 bits per heavy atom. The first-order chi connectivity index (χ1) is 10.1. The van der Waals surface area contributed by atoms with E-state index in [0.717, 1.165) is 30.6 Å². The molecule has 1 saturated heterocycles. The summed E-state index contributed by atoms with van der Waals surface area (Å²) in [6, 6.07) is 5.43. The Morgan fingerprint density at radius 2 is 2.38 bits per heavy atom. The second-order valence-corrected chi connectivity index (χ2v) is 5.25. The molecular formula is C17H21NO3. The molecule has 2 rings (SSSR count). The van der Waals surface area contributed by atoms with E-state index in [4.69, 9.17) is 9.84 Å². The minimum absolute atomic E-state index is 0.00779. The molecule has 1 aromatic carbocycles. The molecule has 1 aliphatic rings. The molecule has 0 bridgehead atoms. The van der Waals surface area contributed by atoms with Crippen molar-refractivity contribution in [2.45, 2.75) is 38.8 Å². The molecule has 2 N–H and O–H groups in total. The summed E-state index contributed by atoms with van der Waals surface area (Å²) in [5.74, 6) is 5.36. The maximum atomic E-state index is 12.4. The third-order valence-electron chi connectivity index (χ3n) is 3.76. The zero-order valence-corrected chi connectivity index (χ0v) is 12.5. The number of carbonyl (C=O) groups is 1. The number of aliphatic hydroxyl groups is 1. The smallest absolute Gasteiger partial charge is 0.251 e. The van der Waals surface area contributed by atoms with Crippen LogP contribution >= 0.6 is 0 Å². The lowest BCUT2D eigenvalue weighted by molar-refractivity contribution is 0.0712. The normalized spacial score (nSPS) is 18.7. The average molecular weight is 287 g/mol. The van der Waals surface area contributed by atoms with E-state index in [2.05, 4.69) is 17.2 Å². The Balaban J connectivity index is 2.11. The summed E-state index contributed by atoms with van der Waals surface area (Å²) in [5.41, 5.74) is 2.21. The lowest BCUT2D eigenvalue weighted by atomic mass is 10.0. The first-order valence-corrected chi connectivity index (χ1v) is 7.25. The van der Waals surface area contributed by atoms with Crippen LogP contribution in [0.15, 0.2) is 18.2 Å². The van der Waals surface area contributed by atoms with Gasteiger partial charge in [-0.15, -0.1) is 0 Å². The van der Waals surface area contributed by atoms with Crippen molar-refractivity contribution in [3.63, 3.8) is 0 Å². The predicted octanol–water partition coefficient (Wildman–Crippen LogP) is 1.64. The van der Waals surface area contributed by atoms with Crippen LogP contribution in [0.3, 0.4) is 0 Å². The van der Waals surface area contributed by atoms with E-state index in [1.165, 1.54) is 0 Å². The molecule has 1 amide bonds. The molecule has 4 heteroatoms. The number of amides is 1. The van der Waals surface area contributed by atoms with Gasteiger partial charge in [-0.1, -0.05) is 17.9 Å². The number of ether oxygens (including phenoxy) is 1. The number of hydrogen-bond donors (Lipinski definition) is 2. The van der Waals surface area contributed by atoms with E-state index >= 15 is 0 Å². The summed E-state index contributed by atoms with van der Waals surface area (Å²) < 4.78 is 5.59. The van der Waals surface area contributed by atoms with Crippen molar-refractivity contribution in [3.8, 4) is 11.8 Å². The van der Waals surface area contributed by atoms with E-state index < -0.39 is 0 Å². The Bertz CT molecular complexity index is 565. The molecule has 0 radical (unpaired) electrons. The Labute approximate surface area is 125 Å². The Morgan fingerprint density at radius 1 is 1.57 bits per heavy atom. The molecule has 0 spiro atoms. The van der Waals surface area contributed by atoms with Gasteiger partial charge in [0.2, 0.25) is 0 Å². The van der Waals surface area contributed by atoms with Crippen molar-refractivity contribution < 1.29 is 14.6 Å². The number of aliphatic hydroxyl groups excluding tert-OH is 1. The third kappa shape index (κ3) is 3.84. The lowest BCUT2D eigenvalue weighted by Gasteiger charge is -2.20. The van der Waals surface area contributed by atoms with Crippen LogP contribution in [0.2, 0.25) is 0 Å². The van der Waals surface area contributed by atoms with Crippen LogP contribution in [-0.2, 0) is 4.74 Å². The monoisotopic (exact) mass is 287 g/mol. The molecule has 1 aliphatic heterocycles. The van der Waals surface area contributed by atoms with E-state index in [1.807, 2.05) is 19.9 Å². The summed E-state index contributed by atoms with van der Waals surface area (Å²) in [6.45, 7) is 4.42. The Hall–Kier alpha value is -1.83. The van der Waals surface area contributed by atoms with Crippen molar-refractivity contribution in [2.24, 2.45) is 0 Å². The number of carbonyl (C=O) groups excluding carboxylic acids is 1. The summed E-state index contributed by atoms with van der Waals surface area (Å²) >= 11 is 0. The molecule has 112 valence electrons. The number of hydrogen-bond acceptors (Lipinski definition) is 3. The summed E-state index contributed by atoms with van der Waals surface area (Å²) in [5, 5.41) is 11.8. The fraction of sp³-hybridized carbons (Fsp3) is 0.471. The highest BCUT2D eigenvalue weighted by atomic mass is 16.5. The van der Waals surface area contributed by atoms with Crippen molar-refractivity contribution in [2.75, 3.05) is 13.2 Å². The van der Waals surface area contributed by atoms with E-state index in [-0.39, 0.29) is 24.7 Å². The van der Waals surface area contributed by atoms with Crippen molar-refractivity contribution in [1.29, 1.82) is 0 Å². The molecule has 21 heavy (non-hydrogen) atoms. The molecule has 2 atom stereocenters. The molecule has 2 unspecified atom stereocenters. The van der Waals surface area contributed by atoms with Gasteiger partial charge in [-0.05, 0) is 44.4 Å². The van der Waals surface area contributed by atoms with Crippen molar-refractivity contribution in [1.82, 2.24) is 5.32 Å². The fourth-order valence-electron chi connectivity index (χ4n) is 2.53. The maximum Gasteiger partial charge on any atom is 0.251 e. The highest BCUT2D eigenvalue weighted by Gasteiger charge is 2.24. The van der Waals surface area contributed by atoms with Gasteiger partial charge >= 0.3 is 0 Å². The van der Waals surface area contributed by atoms with Crippen LogP contribution in [0.4, 0.5) is 0 Å². The minimum atomic E-state index is -0.189. The van der Waals surface area contributed by atoms with Gasteiger partial charge in [-0.2, -0.15) is 0 Å². The van der Waals surface area contributed by atoms with Crippen molar-refractivity contribution >= 4 is 5.91 Å². The average Bonchev–Trinajstić information content (AvgIpc) is 3.00. The minimum Gasteiger partial charge on any atom is -0.384 e. The first kappa shape index (κ1) is 15.6. The van der Waals surface area contributed by atoms with E-state index in [1.54, 1.807) is 12.1 Å². The standard InChI is InChI=1S/C17H21NO3/c1-12-14(7-4-10-19)6-3-8-15(12)17(20)18-13(2)16-9-5-11-21-16/h3,6,8,13,16,19H,5,9-11H2,1-2H3,(H,18,20). The molecule has 0 aliphatic carbocycles. The van der Waals surface area contributed by atoms with Gasteiger partial charge in [0.15, 0.2) is 0 Å². The molecule has 1 fully saturated rings. The Kier molecular flexibility index (Phi) is 5.38. The number of rotatable bonds is 3. The van der Waals surface area contributed by atoms with Crippen molar-refractivity contribution in [3.05, 3.63) is 34.9 Å². The van der Waals surface area contributed by atoms with Gasteiger partial charge in [0.1, 0.15) is 6.61 Å². The number of nitrogens with one attached hydrogen (secondary N) is 1. The predicted molar refractivity (Wildman–Crippen MR) is 81.0 cm³/mol. The lowest BCUT2D eigenvalue weighted by Crippen LogP contribution is -2.41. The summed E-state index contributed by atoms with van der Waals surface area (Å²) in [4.78, 5) is 12.4. The maximum absolute atomic E-state index is 12.4. The molecule has 0 saturated carbocycles. The van der Waals surface area contributed by atoms with Gasteiger partial charge < -0.3 is 15.2 Å². The molecule has 0 aromatic heterocycles. The van der Waals surface area contributed by atoms with Gasteiger partial charge in [-0.3, -0.25) is 4.79 Å². The van der Waals surface area contributed by atoms with Crippen LogP contribution in [0.1, 0.15) is 41.3 Å². The van der Waals surface area contributed by atoms with Crippen LogP contribution in [0, 0.1) is 18.8 Å². The SMILES string of the molecule is Cc1c(C#CCO)cccc1C(=O)NC(C)C1CCCO1. The second-order valence-electron chi connectivity index (χ2n) is 5.25. The van der Waals surface area contributed by atoms with Crippen LogP contribution in [0.5, 0.6) is 0 Å². The van der Waals surface area contributed by atoms with Gasteiger partial charge in [0.05, 0.1) is 12.1 Å². The van der Waals surface area contributed by atoms with Crippen LogP contribution in [-0.4, -0.2) is 36.4 Å². The highest BCUT2D eigenvalue weighted by Crippen LogP contribution is 2.17. The van der Waals surface area contributed by atoms with Gasteiger partial charge in [0, 0.05) is 17.7 Å². The molecule has 1 aromatic rings. The molecular weight excluding hydrogens is 266 g/mol. The zero-order valence-electron chi connectivity index (χ0n) is 12.5. The van der Waals surface area contributed by atoms with Crippen LogP contribution < -0.4 is 5.32 Å². The summed E-state index contributed by atoms with van der Waals surface area (Å²) in [6.07, 6.45) is 2.14.